The Kier molecular flexibility index (Phi) is 4.61. The van der Waals surface area contributed by atoms with Gasteiger partial charge in [0, 0.05) is 6.07 Å². The number of benzene rings is 1. The van der Waals surface area contributed by atoms with Crippen molar-refractivity contribution < 1.29 is 18.7 Å². The third-order valence-corrected chi connectivity index (χ3v) is 4.25. The third kappa shape index (κ3) is 3.30. The van der Waals surface area contributed by atoms with Gasteiger partial charge < -0.3 is 13.9 Å². The molecule has 0 spiro atoms. The average Bonchev–Trinajstić information content (AvgIpc) is 3.25. The van der Waals surface area contributed by atoms with E-state index >= 15 is 0 Å². The molecule has 0 fully saturated rings. The van der Waals surface area contributed by atoms with Gasteiger partial charge in [0.15, 0.2) is 11.9 Å². The van der Waals surface area contributed by atoms with Crippen LogP contribution in [0.15, 0.2) is 40.1 Å². The highest BCUT2D eigenvalue weighted by Gasteiger charge is 2.19. The number of carbonyl (C=O) groups excluding carboxylic acids is 1. The van der Waals surface area contributed by atoms with Crippen molar-refractivity contribution in [2.45, 2.75) is 20.0 Å². The van der Waals surface area contributed by atoms with Gasteiger partial charge in [-0.2, -0.15) is 0 Å². The Hall–Kier alpha value is -2.67. The van der Waals surface area contributed by atoms with Gasteiger partial charge in [0.2, 0.25) is 0 Å². The number of nitrogens with zero attached hydrogens (tertiary/aromatic N) is 2. The largest absolute Gasteiger partial charge is 0.497 e. The number of carbonyl (C=O) groups is 1. The molecule has 1 aromatic carbocycles. The van der Waals surface area contributed by atoms with Crippen molar-refractivity contribution in [2.24, 2.45) is 0 Å². The van der Waals surface area contributed by atoms with Gasteiger partial charge in [-0.05, 0) is 37.4 Å². The first-order valence-electron chi connectivity index (χ1n) is 7.31. The summed E-state index contributed by atoms with van der Waals surface area (Å²) in [4.78, 5) is 12.7. The standard InChI is InChI=1S/C17H16N2O4S/c1-10(20)13-7-6-12(21-3)9-14(13)22-11(2)16-18-19-17(23-16)15-5-4-8-24-15/h4-9,11H,1-3H3/t11-/m0/s1. The molecule has 0 aliphatic carbocycles. The second kappa shape index (κ2) is 6.84. The van der Waals surface area contributed by atoms with E-state index in [1.807, 2.05) is 17.5 Å². The molecule has 124 valence electrons. The summed E-state index contributed by atoms with van der Waals surface area (Å²) in [5, 5.41) is 10.0. The van der Waals surface area contributed by atoms with Crippen LogP contribution in [0.5, 0.6) is 11.5 Å². The monoisotopic (exact) mass is 344 g/mol. The second-order valence-electron chi connectivity index (χ2n) is 5.10. The van der Waals surface area contributed by atoms with E-state index < -0.39 is 6.10 Å². The minimum absolute atomic E-state index is 0.0929. The van der Waals surface area contributed by atoms with Crippen LogP contribution in [-0.2, 0) is 0 Å². The van der Waals surface area contributed by atoms with E-state index in [0.717, 1.165) is 4.88 Å². The Morgan fingerprint density at radius 3 is 2.79 bits per heavy atom. The summed E-state index contributed by atoms with van der Waals surface area (Å²) < 4.78 is 16.7. The number of methoxy groups -OCH3 is 1. The van der Waals surface area contributed by atoms with Crippen molar-refractivity contribution in [1.29, 1.82) is 0 Å². The van der Waals surface area contributed by atoms with E-state index in [1.54, 1.807) is 32.2 Å². The number of ketones is 1. The molecule has 7 heteroatoms. The molecule has 0 aliphatic rings. The van der Waals surface area contributed by atoms with E-state index in [4.69, 9.17) is 13.9 Å². The highest BCUT2D eigenvalue weighted by molar-refractivity contribution is 7.13. The maximum atomic E-state index is 11.8. The lowest BCUT2D eigenvalue weighted by molar-refractivity contribution is 0.100. The summed E-state index contributed by atoms with van der Waals surface area (Å²) in [6.07, 6.45) is -0.503. The first kappa shape index (κ1) is 16.2. The number of aromatic nitrogens is 2. The molecule has 0 bridgehead atoms. The van der Waals surface area contributed by atoms with Gasteiger partial charge in [-0.15, -0.1) is 21.5 Å². The van der Waals surface area contributed by atoms with Gasteiger partial charge >= 0.3 is 0 Å². The Labute approximate surface area is 143 Å². The molecule has 0 saturated carbocycles. The molecule has 0 unspecified atom stereocenters. The van der Waals surface area contributed by atoms with Crippen molar-refractivity contribution in [2.75, 3.05) is 7.11 Å². The maximum absolute atomic E-state index is 11.8. The van der Waals surface area contributed by atoms with Crippen LogP contribution in [0, 0.1) is 0 Å². The first-order chi connectivity index (χ1) is 11.6. The van der Waals surface area contributed by atoms with Crippen LogP contribution in [0.25, 0.3) is 10.8 Å². The van der Waals surface area contributed by atoms with E-state index in [2.05, 4.69) is 10.2 Å². The summed E-state index contributed by atoms with van der Waals surface area (Å²) in [6, 6.07) is 8.89. The molecule has 6 nitrogen and oxygen atoms in total. The number of rotatable bonds is 6. The van der Waals surface area contributed by atoms with Crippen LogP contribution in [-0.4, -0.2) is 23.1 Å². The first-order valence-corrected chi connectivity index (χ1v) is 8.19. The Bertz CT molecular complexity index is 842. The van der Waals surface area contributed by atoms with Crippen LogP contribution in [0.3, 0.4) is 0 Å². The van der Waals surface area contributed by atoms with Crippen LogP contribution >= 0.6 is 11.3 Å². The van der Waals surface area contributed by atoms with E-state index in [-0.39, 0.29) is 5.78 Å². The summed E-state index contributed by atoms with van der Waals surface area (Å²) in [5.74, 6) is 1.73. The fourth-order valence-corrected chi connectivity index (χ4v) is 2.80. The van der Waals surface area contributed by atoms with Crippen LogP contribution in [0.2, 0.25) is 0 Å². The van der Waals surface area contributed by atoms with Crippen LogP contribution in [0.4, 0.5) is 0 Å². The zero-order chi connectivity index (χ0) is 17.1. The van der Waals surface area contributed by atoms with Gasteiger partial charge in [-0.1, -0.05) is 6.07 Å². The van der Waals surface area contributed by atoms with Crippen molar-refractivity contribution in [3.8, 4) is 22.3 Å². The van der Waals surface area contributed by atoms with Crippen molar-refractivity contribution >= 4 is 17.1 Å². The van der Waals surface area contributed by atoms with E-state index in [1.165, 1.54) is 18.3 Å². The molecule has 3 aromatic rings. The topological polar surface area (TPSA) is 74.5 Å². The molecule has 0 N–H and O–H groups in total. The fourth-order valence-electron chi connectivity index (χ4n) is 2.16. The summed E-state index contributed by atoms with van der Waals surface area (Å²) >= 11 is 1.52. The predicted molar refractivity (Wildman–Crippen MR) is 89.7 cm³/mol. The van der Waals surface area contributed by atoms with Gasteiger partial charge in [0.1, 0.15) is 11.5 Å². The molecule has 0 saturated heterocycles. The smallest absolute Gasteiger partial charge is 0.257 e. The van der Waals surface area contributed by atoms with Crippen molar-refractivity contribution in [3.05, 3.63) is 47.2 Å². The SMILES string of the molecule is COc1ccc(C(C)=O)c(O[C@@H](C)c2nnc(-c3cccs3)o2)c1. The van der Waals surface area contributed by atoms with E-state index in [0.29, 0.717) is 28.8 Å². The number of thiophene rings is 1. The van der Waals surface area contributed by atoms with E-state index in [9.17, 15) is 4.79 Å². The Morgan fingerprint density at radius 1 is 1.29 bits per heavy atom. The number of hydrogen-bond donors (Lipinski definition) is 0. The predicted octanol–water partition coefficient (Wildman–Crippen LogP) is 4.15. The molecule has 1 atom stereocenters. The van der Waals surface area contributed by atoms with Gasteiger partial charge in [-0.25, -0.2) is 0 Å². The lowest BCUT2D eigenvalue weighted by Crippen LogP contribution is -2.07. The summed E-state index contributed by atoms with van der Waals surface area (Å²) in [5.41, 5.74) is 0.473. The zero-order valence-electron chi connectivity index (χ0n) is 13.5. The zero-order valence-corrected chi connectivity index (χ0v) is 14.3. The fraction of sp³-hybridized carbons (Fsp3) is 0.235. The minimum atomic E-state index is -0.503. The second-order valence-corrected chi connectivity index (χ2v) is 6.05. The van der Waals surface area contributed by atoms with Crippen molar-refractivity contribution in [3.63, 3.8) is 0 Å². The molecule has 3 rings (SSSR count). The molecule has 2 aromatic heterocycles. The molecule has 0 amide bonds. The normalized spacial score (nSPS) is 12.0. The third-order valence-electron chi connectivity index (χ3n) is 3.39. The maximum Gasteiger partial charge on any atom is 0.257 e. The highest BCUT2D eigenvalue weighted by atomic mass is 32.1. The highest BCUT2D eigenvalue weighted by Crippen LogP contribution is 2.31. The van der Waals surface area contributed by atoms with Crippen LogP contribution in [0.1, 0.15) is 36.2 Å². The van der Waals surface area contributed by atoms with Crippen molar-refractivity contribution in [1.82, 2.24) is 10.2 Å². The lowest BCUT2D eigenvalue weighted by Gasteiger charge is -2.14. The van der Waals surface area contributed by atoms with Gasteiger partial charge in [-0.3, -0.25) is 4.79 Å². The quantitative estimate of drug-likeness (QED) is 0.625. The number of Topliss-reactive ketones (excluding diaryl/α,β-unsaturated/α-hetero) is 1. The van der Waals surface area contributed by atoms with Crippen LogP contribution < -0.4 is 9.47 Å². The van der Waals surface area contributed by atoms with Gasteiger partial charge in [0.25, 0.3) is 11.8 Å². The summed E-state index contributed by atoms with van der Waals surface area (Å²) in [6.45, 7) is 3.27. The lowest BCUT2D eigenvalue weighted by atomic mass is 10.1. The molecule has 0 radical (unpaired) electrons. The molecular weight excluding hydrogens is 328 g/mol. The Morgan fingerprint density at radius 2 is 2.12 bits per heavy atom. The molecular formula is C17H16N2O4S. The molecule has 2 heterocycles. The van der Waals surface area contributed by atoms with Gasteiger partial charge in [0.05, 0.1) is 17.6 Å². The minimum Gasteiger partial charge on any atom is -0.497 e. The molecule has 0 aliphatic heterocycles. The summed E-state index contributed by atoms with van der Waals surface area (Å²) in [7, 11) is 1.56. The number of hydrogen-bond acceptors (Lipinski definition) is 7. The average molecular weight is 344 g/mol. The number of ether oxygens (including phenoxy) is 2. The Balaban J connectivity index is 1.84. The molecule has 24 heavy (non-hydrogen) atoms.